The highest BCUT2D eigenvalue weighted by molar-refractivity contribution is 6.01. The molecule has 0 radical (unpaired) electrons. The molecule has 9 nitrogen and oxygen atoms in total. The highest BCUT2D eigenvalue weighted by Gasteiger charge is 2.13. The summed E-state index contributed by atoms with van der Waals surface area (Å²) in [4.78, 5) is 45.2. The van der Waals surface area contributed by atoms with Crippen LogP contribution in [0.4, 0.5) is 5.69 Å². The molecule has 3 N–H and O–H groups in total. The van der Waals surface area contributed by atoms with Crippen LogP contribution in [0.5, 0.6) is 0 Å². The van der Waals surface area contributed by atoms with Crippen molar-refractivity contribution in [3.63, 3.8) is 0 Å². The van der Waals surface area contributed by atoms with Crippen LogP contribution in [0.25, 0.3) is 5.70 Å². The predicted octanol–water partition coefficient (Wildman–Crippen LogP) is 2.14. The van der Waals surface area contributed by atoms with Crippen molar-refractivity contribution in [1.82, 2.24) is 15.6 Å². The van der Waals surface area contributed by atoms with E-state index >= 15 is 0 Å². The third-order valence-corrected chi connectivity index (χ3v) is 4.49. The van der Waals surface area contributed by atoms with Crippen molar-refractivity contribution < 1.29 is 19.1 Å². The number of pyridine rings is 1. The molecule has 1 aromatic carbocycles. The second-order valence-corrected chi connectivity index (χ2v) is 6.92. The lowest BCUT2D eigenvalue weighted by molar-refractivity contribution is -0.137. The van der Waals surface area contributed by atoms with Gasteiger partial charge in [-0.05, 0) is 43.7 Å². The van der Waals surface area contributed by atoms with Crippen LogP contribution in [-0.4, -0.2) is 48.3 Å². The Kier molecular flexibility index (Phi) is 8.08. The summed E-state index contributed by atoms with van der Waals surface area (Å²) in [6, 6.07) is 10.4. The molecule has 0 bridgehead atoms. The van der Waals surface area contributed by atoms with Gasteiger partial charge in [0.1, 0.15) is 5.84 Å². The summed E-state index contributed by atoms with van der Waals surface area (Å²) in [5.41, 5.74) is 1.95. The quantitative estimate of drug-likeness (QED) is 0.431. The predicted molar refractivity (Wildman–Crippen MR) is 121 cm³/mol. The molecule has 2 heterocycles. The van der Waals surface area contributed by atoms with Crippen LogP contribution in [0.15, 0.2) is 59.9 Å². The Morgan fingerprint density at radius 3 is 2.72 bits per heavy atom. The normalized spacial score (nSPS) is 13.2. The van der Waals surface area contributed by atoms with Crippen LogP contribution in [0.2, 0.25) is 0 Å². The lowest BCUT2D eigenvalue weighted by Crippen LogP contribution is -2.36. The number of hydrogen-bond donors (Lipinski definition) is 3. The Morgan fingerprint density at radius 2 is 2.00 bits per heavy atom. The number of ether oxygens (including phenoxy) is 1. The second-order valence-electron chi connectivity index (χ2n) is 6.92. The number of aromatic nitrogens is 1. The van der Waals surface area contributed by atoms with Gasteiger partial charge in [-0.1, -0.05) is 6.07 Å². The summed E-state index contributed by atoms with van der Waals surface area (Å²) in [5.74, 6) is -0.577. The minimum Gasteiger partial charge on any atom is -0.463 e. The molecule has 9 heteroatoms. The molecule has 32 heavy (non-hydrogen) atoms. The summed E-state index contributed by atoms with van der Waals surface area (Å²) in [7, 11) is 0. The maximum absolute atomic E-state index is 12.5. The van der Waals surface area contributed by atoms with Crippen LogP contribution in [0.3, 0.4) is 0 Å². The van der Waals surface area contributed by atoms with Gasteiger partial charge in [-0.25, -0.2) is 4.79 Å². The molecule has 2 aromatic rings. The number of rotatable bonds is 8. The molecule has 0 aliphatic carbocycles. The van der Waals surface area contributed by atoms with E-state index in [0.717, 1.165) is 30.9 Å². The molecule has 0 atom stereocenters. The summed E-state index contributed by atoms with van der Waals surface area (Å²) in [6.07, 6.45) is 6.17. The fourth-order valence-electron chi connectivity index (χ4n) is 3.02. The molecule has 1 aliphatic rings. The molecule has 0 saturated carbocycles. The van der Waals surface area contributed by atoms with Gasteiger partial charge in [0, 0.05) is 48.2 Å². The van der Waals surface area contributed by atoms with Crippen molar-refractivity contribution in [3.05, 3.63) is 66.0 Å². The van der Waals surface area contributed by atoms with Crippen molar-refractivity contribution in [3.8, 4) is 0 Å². The zero-order valence-electron chi connectivity index (χ0n) is 17.8. The second kappa shape index (κ2) is 11.4. The summed E-state index contributed by atoms with van der Waals surface area (Å²) in [6.45, 7) is 2.43. The van der Waals surface area contributed by atoms with E-state index in [0.29, 0.717) is 11.1 Å². The first-order valence-corrected chi connectivity index (χ1v) is 10.3. The van der Waals surface area contributed by atoms with E-state index < -0.39 is 17.8 Å². The van der Waals surface area contributed by atoms with Crippen LogP contribution >= 0.6 is 0 Å². The molecular formula is C23H25N5O4. The maximum Gasteiger partial charge on any atom is 0.332 e. The van der Waals surface area contributed by atoms with Gasteiger partial charge in [-0.15, -0.1) is 0 Å². The van der Waals surface area contributed by atoms with Gasteiger partial charge in [0.15, 0.2) is 0 Å². The number of benzene rings is 1. The molecule has 0 saturated heterocycles. The summed E-state index contributed by atoms with van der Waals surface area (Å²) < 4.78 is 4.92. The van der Waals surface area contributed by atoms with Crippen molar-refractivity contribution in [2.45, 2.75) is 19.8 Å². The van der Waals surface area contributed by atoms with Crippen LogP contribution in [-0.2, 0) is 14.3 Å². The summed E-state index contributed by atoms with van der Waals surface area (Å²) in [5, 5.41) is 8.42. The van der Waals surface area contributed by atoms with Gasteiger partial charge in [0.2, 0.25) is 5.91 Å². The van der Waals surface area contributed by atoms with E-state index in [9.17, 15) is 14.4 Å². The molecule has 1 aromatic heterocycles. The number of carbonyl (C=O) groups is 3. The van der Waals surface area contributed by atoms with Gasteiger partial charge in [-0.2, -0.15) is 0 Å². The van der Waals surface area contributed by atoms with Crippen LogP contribution in [0, 0.1) is 0 Å². The van der Waals surface area contributed by atoms with E-state index in [1.54, 1.807) is 43.5 Å². The average molecular weight is 435 g/mol. The number of aliphatic imine (C=N–C) groups is 1. The number of amidine groups is 1. The third-order valence-electron chi connectivity index (χ3n) is 4.49. The number of carbonyl (C=O) groups excluding carboxylic acids is 3. The Morgan fingerprint density at radius 1 is 1.16 bits per heavy atom. The molecule has 0 spiro atoms. The summed E-state index contributed by atoms with van der Waals surface area (Å²) >= 11 is 0. The first-order valence-electron chi connectivity index (χ1n) is 10.3. The molecule has 3 rings (SSSR count). The van der Waals surface area contributed by atoms with Gasteiger partial charge >= 0.3 is 5.97 Å². The van der Waals surface area contributed by atoms with Crippen molar-refractivity contribution in [2.24, 2.45) is 4.99 Å². The SMILES string of the molecule is CCOC(=O)/C=C(/NC(=O)CNC(=O)c1cccc(NC2=NCCC2)c1)c1cccnc1. The van der Waals surface area contributed by atoms with Gasteiger partial charge < -0.3 is 20.7 Å². The van der Waals surface area contributed by atoms with E-state index in [1.807, 2.05) is 6.07 Å². The number of amides is 2. The molecule has 166 valence electrons. The highest BCUT2D eigenvalue weighted by Crippen LogP contribution is 2.14. The smallest absolute Gasteiger partial charge is 0.332 e. The van der Waals surface area contributed by atoms with Crippen molar-refractivity contribution in [2.75, 3.05) is 25.0 Å². The molecule has 2 amide bonds. The topological polar surface area (TPSA) is 122 Å². The molecule has 0 unspecified atom stereocenters. The Hall–Kier alpha value is -4.01. The van der Waals surface area contributed by atoms with Crippen molar-refractivity contribution >= 4 is 35.0 Å². The highest BCUT2D eigenvalue weighted by atomic mass is 16.5. The zero-order valence-corrected chi connectivity index (χ0v) is 17.8. The van der Waals surface area contributed by atoms with E-state index in [-0.39, 0.29) is 18.8 Å². The molecular weight excluding hydrogens is 410 g/mol. The minimum atomic E-state index is -0.591. The third kappa shape index (κ3) is 6.76. The van der Waals surface area contributed by atoms with Gasteiger partial charge in [0.25, 0.3) is 5.91 Å². The van der Waals surface area contributed by atoms with Crippen molar-refractivity contribution in [1.29, 1.82) is 0 Å². The van der Waals surface area contributed by atoms with E-state index in [2.05, 4.69) is 25.9 Å². The van der Waals surface area contributed by atoms with E-state index in [4.69, 9.17) is 4.74 Å². The fraction of sp³-hybridized carbons (Fsp3) is 0.261. The monoisotopic (exact) mass is 435 g/mol. The Balaban J connectivity index is 1.60. The standard InChI is InChI=1S/C23H25N5O4/c1-2-32-22(30)13-19(17-7-4-10-24-14-17)28-21(29)15-26-23(31)16-6-3-8-18(12-16)27-20-9-5-11-25-20/h3-4,6-8,10,12-14H,2,5,9,11,15H2,1H3,(H,25,27)(H,26,31)(H,28,29)/b19-13+. The Bertz CT molecular complexity index is 1030. The maximum atomic E-state index is 12.5. The molecule has 0 fully saturated rings. The first-order chi connectivity index (χ1) is 15.5. The number of nitrogens with zero attached hydrogens (tertiary/aromatic N) is 2. The number of esters is 1. The number of hydrogen-bond acceptors (Lipinski definition) is 7. The van der Waals surface area contributed by atoms with Crippen LogP contribution in [0.1, 0.15) is 35.7 Å². The minimum absolute atomic E-state index is 0.209. The zero-order chi connectivity index (χ0) is 22.8. The van der Waals surface area contributed by atoms with E-state index in [1.165, 1.54) is 12.3 Å². The fourth-order valence-corrected chi connectivity index (χ4v) is 3.02. The lowest BCUT2D eigenvalue weighted by Gasteiger charge is -2.11. The Labute approximate surface area is 186 Å². The largest absolute Gasteiger partial charge is 0.463 e. The number of nitrogens with one attached hydrogen (secondary N) is 3. The number of anilines is 1. The van der Waals surface area contributed by atoms with Crippen LogP contribution < -0.4 is 16.0 Å². The molecule has 1 aliphatic heterocycles. The van der Waals surface area contributed by atoms with Gasteiger partial charge in [-0.3, -0.25) is 19.6 Å². The first kappa shape index (κ1) is 22.7. The average Bonchev–Trinajstić information content (AvgIpc) is 3.31. The lowest BCUT2D eigenvalue weighted by atomic mass is 10.2. The van der Waals surface area contributed by atoms with Gasteiger partial charge in [0.05, 0.1) is 18.8 Å².